The van der Waals surface area contributed by atoms with Gasteiger partial charge in [-0.1, -0.05) is 19.9 Å². The van der Waals surface area contributed by atoms with Gasteiger partial charge in [-0.25, -0.2) is 0 Å². The lowest BCUT2D eigenvalue weighted by Crippen LogP contribution is -2.49. The minimum absolute atomic E-state index is 0.0404. The van der Waals surface area contributed by atoms with E-state index in [1.807, 2.05) is 0 Å². The highest BCUT2D eigenvalue weighted by molar-refractivity contribution is 5.94. The van der Waals surface area contributed by atoms with Crippen molar-refractivity contribution in [3.63, 3.8) is 0 Å². The first-order valence-electron chi connectivity index (χ1n) is 7.73. The number of carbonyl (C=O) groups is 1. The van der Waals surface area contributed by atoms with Gasteiger partial charge >= 0.3 is 0 Å². The summed E-state index contributed by atoms with van der Waals surface area (Å²) in [6.07, 6.45) is 1.17. The largest absolute Gasteiger partial charge is 0.336 e. The molecule has 1 aromatic carbocycles. The van der Waals surface area contributed by atoms with Crippen LogP contribution in [0.1, 0.15) is 30.6 Å². The molecule has 22 heavy (non-hydrogen) atoms. The van der Waals surface area contributed by atoms with Crippen molar-refractivity contribution in [1.82, 2.24) is 9.80 Å². The van der Waals surface area contributed by atoms with Gasteiger partial charge in [-0.2, -0.15) is 0 Å². The molecule has 1 fully saturated rings. The molecule has 1 aliphatic rings. The summed E-state index contributed by atoms with van der Waals surface area (Å²) in [5.74, 6) is 0.566. The van der Waals surface area contributed by atoms with Crippen LogP contribution < -0.4 is 0 Å². The van der Waals surface area contributed by atoms with E-state index in [-0.39, 0.29) is 11.6 Å². The molecule has 0 aliphatic carbocycles. The standard InChI is InChI=1S/C16H23N3O3/c1-13(2)6-7-17-8-10-18(11-9-17)16(20)14-4-3-5-15(12-14)19(21)22/h3-5,12-13H,6-11H2,1-2H3. The third-order valence-electron chi connectivity index (χ3n) is 3.99. The zero-order valence-corrected chi connectivity index (χ0v) is 13.2. The van der Waals surface area contributed by atoms with Gasteiger partial charge < -0.3 is 4.90 Å². The van der Waals surface area contributed by atoms with Gasteiger partial charge in [-0.15, -0.1) is 0 Å². The molecule has 2 rings (SSSR count). The normalized spacial score (nSPS) is 16.0. The number of hydrogen-bond acceptors (Lipinski definition) is 4. The van der Waals surface area contributed by atoms with Crippen LogP contribution in [-0.2, 0) is 0 Å². The molecular weight excluding hydrogens is 282 g/mol. The first-order valence-corrected chi connectivity index (χ1v) is 7.73. The quantitative estimate of drug-likeness (QED) is 0.619. The Bertz CT molecular complexity index is 537. The molecule has 0 N–H and O–H groups in total. The van der Waals surface area contributed by atoms with Crippen LogP contribution in [0.2, 0.25) is 0 Å². The van der Waals surface area contributed by atoms with Gasteiger partial charge in [0.25, 0.3) is 11.6 Å². The highest BCUT2D eigenvalue weighted by Crippen LogP contribution is 2.16. The van der Waals surface area contributed by atoms with Gasteiger partial charge in [0.1, 0.15) is 0 Å². The number of amides is 1. The number of nitro benzene ring substituents is 1. The Morgan fingerprint density at radius 2 is 1.95 bits per heavy atom. The second kappa shape index (κ2) is 7.35. The minimum atomic E-state index is -0.472. The SMILES string of the molecule is CC(C)CCN1CCN(C(=O)c2cccc([N+](=O)[O-])c2)CC1. The van der Waals surface area contributed by atoms with Gasteiger partial charge in [0.2, 0.25) is 0 Å². The van der Waals surface area contributed by atoms with Crippen molar-refractivity contribution in [3.05, 3.63) is 39.9 Å². The Hall–Kier alpha value is -1.95. The predicted octanol–water partition coefficient (Wildman–Crippen LogP) is 2.40. The van der Waals surface area contributed by atoms with Gasteiger partial charge in [-0.3, -0.25) is 19.8 Å². The van der Waals surface area contributed by atoms with Crippen LogP contribution in [0, 0.1) is 16.0 Å². The van der Waals surface area contributed by atoms with Crippen molar-refractivity contribution in [1.29, 1.82) is 0 Å². The van der Waals surface area contributed by atoms with E-state index in [4.69, 9.17) is 0 Å². The summed E-state index contributed by atoms with van der Waals surface area (Å²) in [5.41, 5.74) is 0.353. The fraction of sp³-hybridized carbons (Fsp3) is 0.562. The van der Waals surface area contributed by atoms with E-state index in [1.165, 1.54) is 18.6 Å². The molecule has 1 aliphatic heterocycles. The second-order valence-electron chi connectivity index (χ2n) is 6.12. The predicted molar refractivity (Wildman–Crippen MR) is 84.9 cm³/mol. The monoisotopic (exact) mass is 305 g/mol. The highest BCUT2D eigenvalue weighted by atomic mass is 16.6. The van der Waals surface area contributed by atoms with Crippen molar-refractivity contribution >= 4 is 11.6 Å². The highest BCUT2D eigenvalue weighted by Gasteiger charge is 2.23. The molecule has 0 spiro atoms. The lowest BCUT2D eigenvalue weighted by Gasteiger charge is -2.35. The van der Waals surface area contributed by atoms with Crippen LogP contribution in [0.15, 0.2) is 24.3 Å². The van der Waals surface area contributed by atoms with Crippen LogP contribution in [0.5, 0.6) is 0 Å². The summed E-state index contributed by atoms with van der Waals surface area (Å²) in [7, 11) is 0. The Labute approximate surface area is 130 Å². The molecule has 6 nitrogen and oxygen atoms in total. The third kappa shape index (κ3) is 4.27. The fourth-order valence-electron chi connectivity index (χ4n) is 2.55. The van der Waals surface area contributed by atoms with Crippen molar-refractivity contribution < 1.29 is 9.72 Å². The number of rotatable bonds is 5. The number of carbonyl (C=O) groups excluding carboxylic acids is 1. The molecule has 0 unspecified atom stereocenters. The third-order valence-corrected chi connectivity index (χ3v) is 3.99. The van der Waals surface area contributed by atoms with Gasteiger partial charge in [0.05, 0.1) is 4.92 Å². The molecule has 0 aromatic heterocycles. The maximum atomic E-state index is 12.4. The zero-order chi connectivity index (χ0) is 16.1. The minimum Gasteiger partial charge on any atom is -0.336 e. The van der Waals surface area contributed by atoms with E-state index in [1.54, 1.807) is 17.0 Å². The van der Waals surface area contributed by atoms with Crippen LogP contribution >= 0.6 is 0 Å². The average Bonchev–Trinajstić information content (AvgIpc) is 2.53. The molecule has 1 saturated heterocycles. The summed E-state index contributed by atoms with van der Waals surface area (Å²) in [5, 5.41) is 10.8. The fourth-order valence-corrected chi connectivity index (χ4v) is 2.55. The molecule has 1 aromatic rings. The first kappa shape index (κ1) is 16.4. The lowest BCUT2D eigenvalue weighted by molar-refractivity contribution is -0.384. The van der Waals surface area contributed by atoms with E-state index in [0.717, 1.165) is 19.6 Å². The first-order chi connectivity index (χ1) is 10.5. The number of non-ortho nitro benzene ring substituents is 1. The van der Waals surface area contributed by atoms with Crippen molar-refractivity contribution in [2.45, 2.75) is 20.3 Å². The van der Waals surface area contributed by atoms with Crippen LogP contribution in [0.3, 0.4) is 0 Å². The maximum absolute atomic E-state index is 12.4. The summed E-state index contributed by atoms with van der Waals surface area (Å²) in [6, 6.07) is 5.96. The topological polar surface area (TPSA) is 66.7 Å². The molecule has 0 atom stereocenters. The average molecular weight is 305 g/mol. The zero-order valence-electron chi connectivity index (χ0n) is 13.2. The molecule has 0 bridgehead atoms. The van der Waals surface area contributed by atoms with Gasteiger partial charge in [-0.05, 0) is 24.9 Å². The van der Waals surface area contributed by atoms with Crippen LogP contribution in [0.25, 0.3) is 0 Å². The number of nitrogens with zero attached hydrogens (tertiary/aromatic N) is 3. The van der Waals surface area contributed by atoms with E-state index < -0.39 is 4.92 Å². The van der Waals surface area contributed by atoms with Crippen LogP contribution in [0.4, 0.5) is 5.69 Å². The number of hydrogen-bond donors (Lipinski definition) is 0. The Kier molecular flexibility index (Phi) is 5.49. The summed E-state index contributed by atoms with van der Waals surface area (Å²) in [6.45, 7) is 8.58. The lowest BCUT2D eigenvalue weighted by atomic mass is 10.1. The van der Waals surface area contributed by atoms with Crippen molar-refractivity contribution in [3.8, 4) is 0 Å². The molecule has 1 heterocycles. The summed E-state index contributed by atoms with van der Waals surface area (Å²) >= 11 is 0. The number of benzene rings is 1. The Morgan fingerprint density at radius 1 is 1.27 bits per heavy atom. The Morgan fingerprint density at radius 3 is 2.55 bits per heavy atom. The van der Waals surface area contributed by atoms with E-state index in [9.17, 15) is 14.9 Å². The van der Waals surface area contributed by atoms with Crippen LogP contribution in [-0.4, -0.2) is 53.4 Å². The molecule has 0 saturated carbocycles. The Balaban J connectivity index is 1.92. The summed E-state index contributed by atoms with van der Waals surface area (Å²) in [4.78, 5) is 26.9. The number of nitro groups is 1. The smallest absolute Gasteiger partial charge is 0.270 e. The summed E-state index contributed by atoms with van der Waals surface area (Å²) < 4.78 is 0. The molecular formula is C16H23N3O3. The molecule has 1 amide bonds. The van der Waals surface area contributed by atoms with E-state index in [2.05, 4.69) is 18.7 Å². The molecule has 6 heteroatoms. The van der Waals surface area contributed by atoms with E-state index in [0.29, 0.717) is 24.6 Å². The molecule has 120 valence electrons. The van der Waals surface area contributed by atoms with Gasteiger partial charge in [0, 0.05) is 43.9 Å². The molecule has 0 radical (unpaired) electrons. The second-order valence-corrected chi connectivity index (χ2v) is 6.12. The van der Waals surface area contributed by atoms with E-state index >= 15 is 0 Å². The van der Waals surface area contributed by atoms with Crippen molar-refractivity contribution in [2.75, 3.05) is 32.7 Å². The maximum Gasteiger partial charge on any atom is 0.270 e. The van der Waals surface area contributed by atoms with Crippen molar-refractivity contribution in [2.24, 2.45) is 5.92 Å². The van der Waals surface area contributed by atoms with Gasteiger partial charge in [0.15, 0.2) is 0 Å². The number of piperazine rings is 1.